The van der Waals surface area contributed by atoms with Crippen LogP contribution in [0.3, 0.4) is 0 Å². The fourth-order valence-corrected chi connectivity index (χ4v) is 5.17. The highest BCUT2D eigenvalue weighted by molar-refractivity contribution is 6.04. The summed E-state index contributed by atoms with van der Waals surface area (Å²) in [5.74, 6) is 0.0249. The van der Waals surface area contributed by atoms with E-state index in [9.17, 15) is 14.7 Å². The first-order valence-corrected chi connectivity index (χ1v) is 13.6. The Kier molecular flexibility index (Phi) is 7.77. The molecule has 1 fully saturated rings. The Morgan fingerprint density at radius 2 is 1.74 bits per heavy atom. The summed E-state index contributed by atoms with van der Waals surface area (Å²) < 4.78 is 1.45. The van der Waals surface area contributed by atoms with Crippen molar-refractivity contribution >= 4 is 17.6 Å². The molecule has 0 saturated heterocycles. The summed E-state index contributed by atoms with van der Waals surface area (Å²) in [7, 11) is 0. The van der Waals surface area contributed by atoms with Crippen molar-refractivity contribution in [3.8, 4) is 17.0 Å². The van der Waals surface area contributed by atoms with Crippen LogP contribution in [0.1, 0.15) is 71.3 Å². The molecule has 4 aromatic rings. The zero-order chi connectivity index (χ0) is 27.4. The van der Waals surface area contributed by atoms with Gasteiger partial charge in [0.15, 0.2) is 0 Å². The number of aromatic nitrogens is 2. The third-order valence-corrected chi connectivity index (χ3v) is 7.55. The summed E-state index contributed by atoms with van der Waals surface area (Å²) in [6, 6.07) is 21.9. The van der Waals surface area contributed by atoms with E-state index in [2.05, 4.69) is 22.7 Å². The van der Waals surface area contributed by atoms with Crippen LogP contribution in [0.4, 0.5) is 10.5 Å². The van der Waals surface area contributed by atoms with Crippen molar-refractivity contribution in [2.45, 2.75) is 58.4 Å². The summed E-state index contributed by atoms with van der Waals surface area (Å²) in [4.78, 5) is 26.2. The molecule has 5 rings (SSSR count). The second-order valence-corrected chi connectivity index (χ2v) is 10.2. The Balaban J connectivity index is 1.41. The fourth-order valence-electron chi connectivity index (χ4n) is 5.17. The van der Waals surface area contributed by atoms with Gasteiger partial charge >= 0.3 is 6.03 Å². The molecule has 39 heavy (non-hydrogen) atoms. The number of nitrogens with zero attached hydrogens (tertiary/aromatic N) is 2. The van der Waals surface area contributed by atoms with E-state index in [0.29, 0.717) is 29.1 Å². The van der Waals surface area contributed by atoms with Crippen LogP contribution < -0.4 is 10.6 Å². The van der Waals surface area contributed by atoms with Crippen LogP contribution in [0.5, 0.6) is 5.75 Å². The molecule has 1 saturated carbocycles. The van der Waals surface area contributed by atoms with Gasteiger partial charge in [-0.25, -0.2) is 4.79 Å². The Morgan fingerprint density at radius 3 is 2.46 bits per heavy atom. The van der Waals surface area contributed by atoms with Crippen molar-refractivity contribution in [2.24, 2.45) is 0 Å². The summed E-state index contributed by atoms with van der Waals surface area (Å²) in [6.07, 6.45) is 5.12. The van der Waals surface area contributed by atoms with Gasteiger partial charge in [-0.1, -0.05) is 56.2 Å². The highest BCUT2D eigenvalue weighted by atomic mass is 16.3. The van der Waals surface area contributed by atoms with Crippen LogP contribution in [-0.2, 0) is 13.0 Å². The van der Waals surface area contributed by atoms with Gasteiger partial charge in [-0.05, 0) is 79.3 Å². The molecule has 1 aliphatic carbocycles. The summed E-state index contributed by atoms with van der Waals surface area (Å²) >= 11 is 0. The number of benzene rings is 3. The van der Waals surface area contributed by atoms with Crippen molar-refractivity contribution in [1.29, 1.82) is 0 Å². The number of carbonyl (C=O) groups excluding carboxylic acids is 2. The minimum Gasteiger partial charge on any atom is -0.507 e. The molecule has 0 atom stereocenters. The molecule has 3 N–H and O–H groups in total. The fraction of sp³-hybridized carbons (Fsp3) is 0.281. The Hall–Kier alpha value is -4.39. The molecule has 3 aromatic carbocycles. The zero-order valence-electron chi connectivity index (χ0n) is 22.4. The number of aromatic hydroxyl groups is 1. The number of hydrogen-bond acceptors (Lipinski definition) is 4. The van der Waals surface area contributed by atoms with Gasteiger partial charge in [0.1, 0.15) is 5.75 Å². The standard InChI is InChI=1S/C32H34N4O3/c1-3-22-12-14-24(15-13-22)31(38)34-26-16-17-30(37)27(18-26)28-19-29(23-9-6-7-10-23)36(35-28)32(39)33-20-25-11-5-4-8-21(25)2/h4-5,8,11-19,23,37H,3,6-7,9-10,20H2,1-2H3,(H,33,39)(H,34,38). The molecule has 2 amide bonds. The average molecular weight is 523 g/mol. The molecule has 1 heterocycles. The van der Waals surface area contributed by atoms with Crippen LogP contribution in [0.15, 0.2) is 72.8 Å². The van der Waals surface area contributed by atoms with E-state index < -0.39 is 0 Å². The van der Waals surface area contributed by atoms with E-state index in [-0.39, 0.29) is 23.6 Å². The highest BCUT2D eigenvalue weighted by Gasteiger charge is 2.26. The number of phenolic OH excluding ortho intramolecular Hbond substituents is 1. The normalized spacial score (nSPS) is 13.4. The number of rotatable bonds is 7. The average Bonchev–Trinajstić information content (AvgIpc) is 3.64. The first-order chi connectivity index (χ1) is 18.9. The lowest BCUT2D eigenvalue weighted by Gasteiger charge is -2.13. The van der Waals surface area contributed by atoms with Gasteiger partial charge in [-0.15, -0.1) is 0 Å². The van der Waals surface area contributed by atoms with Gasteiger partial charge in [0.2, 0.25) is 0 Å². The number of carbonyl (C=O) groups is 2. The number of anilines is 1. The van der Waals surface area contributed by atoms with Gasteiger partial charge in [-0.3, -0.25) is 4.79 Å². The van der Waals surface area contributed by atoms with Gasteiger partial charge in [0.25, 0.3) is 5.91 Å². The molecule has 0 aliphatic heterocycles. The first kappa shape index (κ1) is 26.2. The van der Waals surface area contributed by atoms with Crippen molar-refractivity contribution in [3.05, 3.63) is 101 Å². The van der Waals surface area contributed by atoms with E-state index in [0.717, 1.165) is 54.5 Å². The number of phenols is 1. The maximum absolute atomic E-state index is 13.3. The number of aryl methyl sites for hydroxylation is 2. The lowest BCUT2D eigenvalue weighted by molar-refractivity contribution is 0.102. The zero-order valence-corrected chi connectivity index (χ0v) is 22.4. The third-order valence-electron chi connectivity index (χ3n) is 7.55. The minimum atomic E-state index is -0.300. The van der Waals surface area contributed by atoms with E-state index in [1.54, 1.807) is 24.3 Å². The van der Waals surface area contributed by atoms with Gasteiger partial charge in [0, 0.05) is 29.3 Å². The Labute approximate surface area is 228 Å². The Morgan fingerprint density at radius 1 is 1.00 bits per heavy atom. The molecule has 0 radical (unpaired) electrons. The van der Waals surface area contributed by atoms with Crippen molar-refractivity contribution < 1.29 is 14.7 Å². The molecule has 1 aromatic heterocycles. The largest absolute Gasteiger partial charge is 0.507 e. The Bertz CT molecular complexity index is 1480. The van der Waals surface area contributed by atoms with Gasteiger partial charge in [-0.2, -0.15) is 9.78 Å². The molecule has 200 valence electrons. The second kappa shape index (κ2) is 11.6. The lowest BCUT2D eigenvalue weighted by Crippen LogP contribution is -2.31. The van der Waals surface area contributed by atoms with E-state index in [1.807, 2.05) is 49.4 Å². The first-order valence-electron chi connectivity index (χ1n) is 13.6. The van der Waals surface area contributed by atoms with Gasteiger partial charge in [0.05, 0.1) is 11.4 Å². The molecule has 0 spiro atoms. The lowest BCUT2D eigenvalue weighted by atomic mass is 10.0. The quantitative estimate of drug-likeness (QED) is 0.233. The van der Waals surface area contributed by atoms with E-state index in [1.165, 1.54) is 10.7 Å². The number of hydrogen-bond donors (Lipinski definition) is 3. The van der Waals surface area contributed by atoms with Crippen molar-refractivity contribution in [3.63, 3.8) is 0 Å². The van der Waals surface area contributed by atoms with Crippen LogP contribution in [0.25, 0.3) is 11.3 Å². The second-order valence-electron chi connectivity index (χ2n) is 10.2. The summed E-state index contributed by atoms with van der Waals surface area (Å²) in [5.41, 5.74) is 6.20. The predicted molar refractivity (Wildman–Crippen MR) is 153 cm³/mol. The van der Waals surface area contributed by atoms with E-state index >= 15 is 0 Å². The molecular weight excluding hydrogens is 488 g/mol. The molecule has 7 heteroatoms. The predicted octanol–water partition coefficient (Wildman–Crippen LogP) is 6.79. The van der Waals surface area contributed by atoms with Crippen LogP contribution in [0, 0.1) is 6.92 Å². The molecule has 0 unspecified atom stereocenters. The maximum Gasteiger partial charge on any atom is 0.342 e. The SMILES string of the molecule is CCc1ccc(C(=O)Nc2ccc(O)c(-c3cc(C4CCCC4)n(C(=O)NCc4ccccc4C)n3)c2)cc1. The minimum absolute atomic E-state index is 0.0308. The maximum atomic E-state index is 13.3. The van der Waals surface area contributed by atoms with Crippen molar-refractivity contribution in [1.82, 2.24) is 15.1 Å². The highest BCUT2D eigenvalue weighted by Crippen LogP contribution is 2.38. The van der Waals surface area contributed by atoms with Crippen LogP contribution in [-0.4, -0.2) is 26.8 Å². The molecule has 0 bridgehead atoms. The smallest absolute Gasteiger partial charge is 0.342 e. The van der Waals surface area contributed by atoms with Crippen LogP contribution in [0.2, 0.25) is 0 Å². The van der Waals surface area contributed by atoms with E-state index in [4.69, 9.17) is 0 Å². The molecule has 7 nitrogen and oxygen atoms in total. The van der Waals surface area contributed by atoms with Gasteiger partial charge < -0.3 is 15.7 Å². The third kappa shape index (κ3) is 5.87. The number of nitrogens with one attached hydrogen (secondary N) is 2. The molecule has 1 aliphatic rings. The summed E-state index contributed by atoms with van der Waals surface area (Å²) in [5, 5.41) is 21.3. The number of amides is 2. The van der Waals surface area contributed by atoms with Crippen LogP contribution >= 0.6 is 0 Å². The topological polar surface area (TPSA) is 96.2 Å². The van der Waals surface area contributed by atoms with Crippen molar-refractivity contribution in [2.75, 3.05) is 5.32 Å². The monoisotopic (exact) mass is 522 g/mol. The molecular formula is C32H34N4O3. The summed E-state index contributed by atoms with van der Waals surface area (Å²) in [6.45, 7) is 4.49.